The largest absolute Gasteiger partial charge is 0.389 e. The molecule has 0 aromatic heterocycles. The number of aliphatic hydroxyl groups is 1. The lowest BCUT2D eigenvalue weighted by molar-refractivity contribution is -0.222. The average Bonchev–Trinajstić information content (AvgIpc) is 2.12. The fourth-order valence-corrected chi connectivity index (χ4v) is 0.451. The van der Waals surface area contributed by atoms with Crippen LogP contribution in [0, 0.1) is 0 Å². The van der Waals surface area contributed by atoms with Crippen LogP contribution in [0.3, 0.4) is 0 Å². The Morgan fingerprint density at radius 2 is 2.62 bits per heavy atom. The molecule has 0 aromatic rings. The molecule has 0 amide bonds. The van der Waals surface area contributed by atoms with Gasteiger partial charge in [0.1, 0.15) is 12.9 Å². The van der Waals surface area contributed by atoms with Gasteiger partial charge in [-0.25, -0.2) is 0 Å². The van der Waals surface area contributed by atoms with Crippen LogP contribution >= 0.6 is 0 Å². The summed E-state index contributed by atoms with van der Waals surface area (Å²) in [5, 5.41) is 8.82. The molecule has 8 heavy (non-hydrogen) atoms. The van der Waals surface area contributed by atoms with Crippen molar-refractivity contribution < 1.29 is 14.9 Å². The highest BCUT2D eigenvalue weighted by molar-refractivity contribution is 5.04. The van der Waals surface area contributed by atoms with E-state index in [0.29, 0.717) is 6.61 Å². The van der Waals surface area contributed by atoms with Crippen LogP contribution in [0.5, 0.6) is 0 Å². The molecule has 1 aliphatic heterocycles. The van der Waals surface area contributed by atoms with E-state index < -0.39 is 6.10 Å². The lowest BCUT2D eigenvalue weighted by Gasteiger charge is -1.97. The van der Waals surface area contributed by atoms with Crippen molar-refractivity contribution in [3.8, 4) is 0 Å². The maximum atomic E-state index is 8.82. The van der Waals surface area contributed by atoms with Gasteiger partial charge in [-0.3, -0.25) is 0 Å². The molecule has 0 saturated heterocycles. The molecule has 1 aliphatic rings. The van der Waals surface area contributed by atoms with Crippen molar-refractivity contribution in [1.82, 2.24) is 0 Å². The molecular weight excluding hydrogens is 108 g/mol. The molecule has 1 unspecified atom stereocenters. The monoisotopic (exact) mass is 116 g/mol. The molecule has 3 nitrogen and oxygen atoms in total. The zero-order chi connectivity index (χ0) is 5.98. The predicted molar refractivity (Wildman–Crippen MR) is 26.8 cm³/mol. The second kappa shape index (κ2) is 2.15. The van der Waals surface area contributed by atoms with Gasteiger partial charge in [-0.05, 0) is 6.92 Å². The van der Waals surface area contributed by atoms with E-state index in [4.69, 9.17) is 5.11 Å². The number of rotatable bonds is 1. The lowest BCUT2D eigenvalue weighted by Crippen LogP contribution is -2.05. The Hall–Kier alpha value is -0.540. The summed E-state index contributed by atoms with van der Waals surface area (Å²) >= 11 is 0. The summed E-state index contributed by atoms with van der Waals surface area (Å²) in [7, 11) is 0. The van der Waals surface area contributed by atoms with Crippen LogP contribution < -0.4 is 0 Å². The van der Waals surface area contributed by atoms with Crippen LogP contribution in [0.1, 0.15) is 6.92 Å². The summed E-state index contributed by atoms with van der Waals surface area (Å²) in [5.74, 6) is 0. The van der Waals surface area contributed by atoms with Gasteiger partial charge in [-0.2, -0.15) is 4.89 Å². The minimum Gasteiger partial charge on any atom is -0.389 e. The van der Waals surface area contributed by atoms with Crippen molar-refractivity contribution in [2.75, 3.05) is 6.61 Å². The minimum atomic E-state index is -0.447. The van der Waals surface area contributed by atoms with Crippen molar-refractivity contribution in [2.45, 2.75) is 13.0 Å². The standard InChI is InChI=1S/C5H8O3/c1-4(6)5-2-7-8-3-5/h2,4,6H,3H2,1H3. The molecule has 46 valence electrons. The topological polar surface area (TPSA) is 38.7 Å². The second-order valence-corrected chi connectivity index (χ2v) is 1.73. The third-order valence-corrected chi connectivity index (χ3v) is 1.03. The van der Waals surface area contributed by atoms with Crippen LogP contribution in [0.4, 0.5) is 0 Å². The van der Waals surface area contributed by atoms with Gasteiger partial charge >= 0.3 is 0 Å². The molecule has 0 spiro atoms. The van der Waals surface area contributed by atoms with Crippen LogP contribution in [-0.2, 0) is 9.78 Å². The molecule has 0 fully saturated rings. The van der Waals surface area contributed by atoms with Gasteiger partial charge in [-0.15, -0.1) is 0 Å². The lowest BCUT2D eigenvalue weighted by atomic mass is 10.2. The van der Waals surface area contributed by atoms with Gasteiger partial charge in [-0.1, -0.05) is 0 Å². The Morgan fingerprint density at radius 3 is 2.88 bits per heavy atom. The fraction of sp³-hybridized carbons (Fsp3) is 0.600. The predicted octanol–water partition coefficient (Wildman–Crippen LogP) is 0.213. The molecular formula is C5H8O3. The van der Waals surface area contributed by atoms with E-state index in [1.165, 1.54) is 6.26 Å². The van der Waals surface area contributed by atoms with Crippen LogP contribution in [0.25, 0.3) is 0 Å². The summed E-state index contributed by atoms with van der Waals surface area (Å²) in [6.07, 6.45) is 0.975. The Bertz CT molecular complexity index is 106. The first-order valence-corrected chi connectivity index (χ1v) is 2.46. The zero-order valence-electron chi connectivity index (χ0n) is 4.63. The summed E-state index contributed by atoms with van der Waals surface area (Å²) in [4.78, 5) is 8.86. The van der Waals surface area contributed by atoms with Crippen LogP contribution in [0.2, 0.25) is 0 Å². The smallest absolute Gasteiger partial charge is 0.133 e. The van der Waals surface area contributed by atoms with E-state index >= 15 is 0 Å². The first-order valence-electron chi connectivity index (χ1n) is 2.46. The molecule has 1 heterocycles. The summed E-state index contributed by atoms with van der Waals surface area (Å²) in [6, 6.07) is 0. The summed E-state index contributed by atoms with van der Waals surface area (Å²) < 4.78 is 0. The average molecular weight is 116 g/mol. The first-order chi connectivity index (χ1) is 3.80. The molecule has 0 aromatic carbocycles. The van der Waals surface area contributed by atoms with E-state index in [1.807, 2.05) is 0 Å². The summed E-state index contributed by atoms with van der Waals surface area (Å²) in [5.41, 5.74) is 0.782. The molecule has 1 atom stereocenters. The maximum Gasteiger partial charge on any atom is 0.133 e. The molecule has 1 N–H and O–H groups in total. The summed E-state index contributed by atoms with van der Waals surface area (Å²) in [6.45, 7) is 2.06. The molecule has 3 heteroatoms. The molecule has 0 aliphatic carbocycles. The third kappa shape index (κ3) is 0.993. The van der Waals surface area contributed by atoms with Gasteiger partial charge in [0.15, 0.2) is 0 Å². The quantitative estimate of drug-likeness (QED) is 0.498. The van der Waals surface area contributed by atoms with Crippen LogP contribution in [-0.4, -0.2) is 17.8 Å². The van der Waals surface area contributed by atoms with Crippen molar-refractivity contribution in [3.05, 3.63) is 11.8 Å². The van der Waals surface area contributed by atoms with Gasteiger partial charge in [0.05, 0.1) is 6.10 Å². The third-order valence-electron chi connectivity index (χ3n) is 1.03. The molecule has 1 rings (SSSR count). The zero-order valence-corrected chi connectivity index (χ0v) is 4.63. The maximum absolute atomic E-state index is 8.82. The highest BCUT2D eigenvalue weighted by Gasteiger charge is 2.10. The molecule has 0 saturated carbocycles. The van der Waals surface area contributed by atoms with Crippen molar-refractivity contribution in [3.63, 3.8) is 0 Å². The highest BCUT2D eigenvalue weighted by Crippen LogP contribution is 2.08. The van der Waals surface area contributed by atoms with Gasteiger partial charge in [0.2, 0.25) is 0 Å². The van der Waals surface area contributed by atoms with Crippen LogP contribution in [0.15, 0.2) is 11.8 Å². The highest BCUT2D eigenvalue weighted by atomic mass is 17.2. The second-order valence-electron chi connectivity index (χ2n) is 1.73. The minimum absolute atomic E-state index is 0.387. The SMILES string of the molecule is CC(O)C1=COOC1. The molecule has 0 radical (unpaired) electrons. The van der Waals surface area contributed by atoms with Crippen molar-refractivity contribution >= 4 is 0 Å². The van der Waals surface area contributed by atoms with Gasteiger partial charge in [0, 0.05) is 5.57 Å². The van der Waals surface area contributed by atoms with E-state index in [2.05, 4.69) is 9.78 Å². The molecule has 0 bridgehead atoms. The van der Waals surface area contributed by atoms with E-state index in [1.54, 1.807) is 6.92 Å². The van der Waals surface area contributed by atoms with E-state index in [0.717, 1.165) is 5.57 Å². The Morgan fingerprint density at radius 1 is 1.88 bits per heavy atom. The number of aliphatic hydroxyl groups excluding tert-OH is 1. The van der Waals surface area contributed by atoms with E-state index in [-0.39, 0.29) is 0 Å². The van der Waals surface area contributed by atoms with Gasteiger partial charge in [0.25, 0.3) is 0 Å². The Kier molecular flexibility index (Phi) is 1.50. The van der Waals surface area contributed by atoms with Crippen molar-refractivity contribution in [2.24, 2.45) is 0 Å². The normalized spacial score (nSPS) is 22.0. The van der Waals surface area contributed by atoms with Crippen molar-refractivity contribution in [1.29, 1.82) is 0 Å². The van der Waals surface area contributed by atoms with Gasteiger partial charge < -0.3 is 9.99 Å². The Labute approximate surface area is 47.5 Å². The number of hydrogen-bond donors (Lipinski definition) is 1. The number of hydrogen-bond acceptors (Lipinski definition) is 3. The van der Waals surface area contributed by atoms with E-state index in [9.17, 15) is 0 Å². The Balaban J connectivity index is 2.45. The fourth-order valence-electron chi connectivity index (χ4n) is 0.451. The first kappa shape index (κ1) is 5.59.